The van der Waals surface area contributed by atoms with Gasteiger partial charge in [-0.3, -0.25) is 9.69 Å². The summed E-state index contributed by atoms with van der Waals surface area (Å²) in [6.07, 6.45) is 1.06. The minimum Gasteiger partial charge on any atom is -0.465 e. The van der Waals surface area contributed by atoms with Crippen LogP contribution in [-0.2, 0) is 11.2 Å². The van der Waals surface area contributed by atoms with Crippen molar-refractivity contribution in [3.63, 3.8) is 0 Å². The number of rotatable bonds is 6. The van der Waals surface area contributed by atoms with Crippen molar-refractivity contribution in [3.8, 4) is 0 Å². The molecule has 2 unspecified atom stereocenters. The Morgan fingerprint density at radius 2 is 1.74 bits per heavy atom. The maximum atomic E-state index is 13.8. The molecule has 0 aromatic heterocycles. The van der Waals surface area contributed by atoms with Crippen LogP contribution in [0.1, 0.15) is 29.5 Å². The second-order valence-electron chi connectivity index (χ2n) is 8.74. The first-order chi connectivity index (χ1) is 14.8. The van der Waals surface area contributed by atoms with Crippen LogP contribution in [0.4, 0.5) is 10.5 Å². The van der Waals surface area contributed by atoms with E-state index in [4.69, 9.17) is 0 Å². The third-order valence-corrected chi connectivity index (χ3v) is 6.68. The quantitative estimate of drug-likeness (QED) is 0.731. The van der Waals surface area contributed by atoms with Gasteiger partial charge < -0.3 is 15.3 Å². The summed E-state index contributed by atoms with van der Waals surface area (Å²) in [6, 6.07) is 16.1. The number of carbonyl (C=O) groups is 2. The van der Waals surface area contributed by atoms with E-state index in [9.17, 15) is 14.7 Å². The van der Waals surface area contributed by atoms with Gasteiger partial charge in [0.05, 0.1) is 0 Å². The molecule has 2 N–H and O–H groups in total. The first-order valence-corrected chi connectivity index (χ1v) is 10.8. The SMILES string of the molecule is Cc1cccc(C)c1NC(=O)C1(N(C)C)CCN(C(=O)O)CC1CCc1ccccc1. The van der Waals surface area contributed by atoms with Gasteiger partial charge in [0.25, 0.3) is 0 Å². The molecule has 0 aliphatic carbocycles. The number of nitrogens with one attached hydrogen (secondary N) is 1. The lowest BCUT2D eigenvalue weighted by atomic mass is 9.73. The van der Waals surface area contributed by atoms with Gasteiger partial charge in [-0.2, -0.15) is 0 Å². The normalized spacial score (nSPS) is 21.2. The van der Waals surface area contributed by atoms with E-state index in [2.05, 4.69) is 17.4 Å². The fraction of sp³-hybridized carbons (Fsp3) is 0.440. The smallest absolute Gasteiger partial charge is 0.407 e. The molecule has 0 saturated carbocycles. The minimum atomic E-state index is -0.924. The van der Waals surface area contributed by atoms with Crippen LogP contribution < -0.4 is 5.32 Å². The second-order valence-corrected chi connectivity index (χ2v) is 8.74. The summed E-state index contributed by atoms with van der Waals surface area (Å²) in [6.45, 7) is 4.67. The van der Waals surface area contributed by atoms with Crippen molar-refractivity contribution in [3.05, 3.63) is 65.2 Å². The summed E-state index contributed by atoms with van der Waals surface area (Å²) >= 11 is 0. The number of benzene rings is 2. The molecule has 2 amide bonds. The summed E-state index contributed by atoms with van der Waals surface area (Å²) in [7, 11) is 3.85. The number of likely N-dealkylation sites (tertiary alicyclic amines) is 1. The van der Waals surface area contributed by atoms with Gasteiger partial charge in [0.15, 0.2) is 0 Å². The van der Waals surface area contributed by atoms with Crippen molar-refractivity contribution in [1.82, 2.24) is 9.80 Å². The molecule has 0 bridgehead atoms. The van der Waals surface area contributed by atoms with Crippen LogP contribution in [0, 0.1) is 19.8 Å². The van der Waals surface area contributed by atoms with Crippen LogP contribution in [0.2, 0.25) is 0 Å². The number of hydrogen-bond donors (Lipinski definition) is 2. The highest BCUT2D eigenvalue weighted by Crippen LogP contribution is 2.37. The number of aryl methyl sites for hydroxylation is 3. The molecule has 1 aliphatic rings. The summed E-state index contributed by atoms with van der Waals surface area (Å²) in [5.74, 6) is -0.185. The molecule has 1 heterocycles. The Bertz CT molecular complexity index is 909. The van der Waals surface area contributed by atoms with Crippen molar-refractivity contribution in [2.75, 3.05) is 32.5 Å². The van der Waals surface area contributed by atoms with Gasteiger partial charge in [0, 0.05) is 24.7 Å². The molecule has 0 spiro atoms. The van der Waals surface area contributed by atoms with Gasteiger partial charge in [0.2, 0.25) is 5.91 Å². The zero-order valence-corrected chi connectivity index (χ0v) is 18.9. The lowest BCUT2D eigenvalue weighted by Gasteiger charge is -2.50. The number of carboxylic acid groups (broad SMARTS) is 1. The molecular formula is C25H33N3O3. The molecule has 166 valence electrons. The van der Waals surface area contributed by atoms with Crippen molar-refractivity contribution in [2.45, 2.75) is 38.6 Å². The first-order valence-electron chi connectivity index (χ1n) is 10.8. The molecule has 6 heteroatoms. The third kappa shape index (κ3) is 4.74. The zero-order chi connectivity index (χ0) is 22.6. The topological polar surface area (TPSA) is 72.9 Å². The minimum absolute atomic E-state index is 0.0574. The molecule has 0 radical (unpaired) electrons. The van der Waals surface area contributed by atoms with E-state index in [0.717, 1.165) is 29.7 Å². The second kappa shape index (κ2) is 9.52. The van der Waals surface area contributed by atoms with Crippen molar-refractivity contribution in [1.29, 1.82) is 0 Å². The van der Waals surface area contributed by atoms with Crippen LogP contribution in [0.3, 0.4) is 0 Å². The monoisotopic (exact) mass is 423 g/mol. The molecule has 31 heavy (non-hydrogen) atoms. The molecule has 2 aromatic rings. The highest BCUT2D eigenvalue weighted by atomic mass is 16.4. The van der Waals surface area contributed by atoms with Crippen LogP contribution >= 0.6 is 0 Å². The van der Waals surface area contributed by atoms with Gasteiger partial charge in [-0.15, -0.1) is 0 Å². The fourth-order valence-electron chi connectivity index (χ4n) is 4.83. The highest BCUT2D eigenvalue weighted by molar-refractivity contribution is 5.99. The van der Waals surface area contributed by atoms with E-state index in [1.165, 1.54) is 10.5 Å². The van der Waals surface area contributed by atoms with Crippen LogP contribution in [0.15, 0.2) is 48.5 Å². The number of likely N-dealkylation sites (N-methyl/N-ethyl adjacent to an activating group) is 1. The molecule has 6 nitrogen and oxygen atoms in total. The lowest BCUT2D eigenvalue weighted by molar-refractivity contribution is -0.134. The highest BCUT2D eigenvalue weighted by Gasteiger charge is 2.51. The Morgan fingerprint density at radius 1 is 1.10 bits per heavy atom. The first kappa shape index (κ1) is 22.8. The lowest BCUT2D eigenvalue weighted by Crippen LogP contribution is -2.65. The molecular weight excluding hydrogens is 390 g/mol. The number of hydrogen-bond acceptors (Lipinski definition) is 3. The number of carbonyl (C=O) groups excluding carboxylic acids is 1. The molecule has 2 atom stereocenters. The summed E-state index contributed by atoms with van der Waals surface area (Å²) in [5.41, 5.74) is 3.29. The molecule has 2 aromatic carbocycles. The molecule has 1 fully saturated rings. The van der Waals surface area contributed by atoms with E-state index in [1.807, 2.05) is 69.2 Å². The van der Waals surface area contributed by atoms with E-state index in [1.54, 1.807) is 0 Å². The van der Waals surface area contributed by atoms with Gasteiger partial charge in [0.1, 0.15) is 5.54 Å². The van der Waals surface area contributed by atoms with Crippen molar-refractivity contribution < 1.29 is 14.7 Å². The maximum absolute atomic E-state index is 13.8. The largest absolute Gasteiger partial charge is 0.465 e. The van der Waals surface area contributed by atoms with E-state index in [-0.39, 0.29) is 11.8 Å². The Kier molecular flexibility index (Phi) is 7.01. The van der Waals surface area contributed by atoms with E-state index < -0.39 is 11.6 Å². The van der Waals surface area contributed by atoms with Crippen molar-refractivity contribution in [2.24, 2.45) is 5.92 Å². The number of piperidine rings is 1. The molecule has 1 saturated heterocycles. The summed E-state index contributed by atoms with van der Waals surface area (Å²) < 4.78 is 0. The number of amides is 2. The number of nitrogens with zero attached hydrogens (tertiary/aromatic N) is 2. The number of anilines is 1. The maximum Gasteiger partial charge on any atom is 0.407 e. The number of para-hydroxylation sites is 1. The summed E-state index contributed by atoms with van der Waals surface area (Å²) in [5, 5.41) is 12.8. The average molecular weight is 424 g/mol. The molecule has 3 rings (SSSR count). The third-order valence-electron chi connectivity index (χ3n) is 6.68. The Hall–Kier alpha value is -2.86. The Labute approximate surface area is 184 Å². The Morgan fingerprint density at radius 3 is 2.32 bits per heavy atom. The fourth-order valence-corrected chi connectivity index (χ4v) is 4.83. The van der Waals surface area contributed by atoms with E-state index in [0.29, 0.717) is 19.5 Å². The average Bonchev–Trinajstić information content (AvgIpc) is 2.75. The van der Waals surface area contributed by atoms with Gasteiger partial charge in [-0.1, -0.05) is 48.5 Å². The standard InChI is InChI=1S/C25H33N3O3/c1-18-9-8-10-19(2)22(18)26-23(29)25(27(3)4)15-16-28(24(30)31)17-21(25)14-13-20-11-6-5-7-12-20/h5-12,21H,13-17H2,1-4H3,(H,26,29)(H,30,31). The predicted octanol–water partition coefficient (Wildman–Crippen LogP) is 4.18. The van der Waals surface area contributed by atoms with Crippen molar-refractivity contribution >= 4 is 17.7 Å². The van der Waals surface area contributed by atoms with Crippen LogP contribution in [-0.4, -0.2) is 59.6 Å². The Balaban J connectivity index is 1.92. The van der Waals surface area contributed by atoms with E-state index >= 15 is 0 Å². The predicted molar refractivity (Wildman–Crippen MR) is 123 cm³/mol. The van der Waals surface area contributed by atoms with Crippen LogP contribution in [0.5, 0.6) is 0 Å². The van der Waals surface area contributed by atoms with Crippen LogP contribution in [0.25, 0.3) is 0 Å². The summed E-state index contributed by atoms with van der Waals surface area (Å²) in [4.78, 5) is 29.0. The molecule has 1 aliphatic heterocycles. The van der Waals surface area contributed by atoms with Gasteiger partial charge in [-0.25, -0.2) is 4.79 Å². The van der Waals surface area contributed by atoms with Gasteiger partial charge >= 0.3 is 6.09 Å². The van der Waals surface area contributed by atoms with Gasteiger partial charge in [-0.05, 0) is 63.9 Å². The zero-order valence-electron chi connectivity index (χ0n) is 18.9.